The van der Waals surface area contributed by atoms with Gasteiger partial charge in [0.05, 0.1) is 16.8 Å². The zero-order valence-electron chi connectivity index (χ0n) is 21.4. The van der Waals surface area contributed by atoms with E-state index in [2.05, 4.69) is 4.99 Å². The van der Waals surface area contributed by atoms with Crippen molar-refractivity contribution in [1.29, 1.82) is 5.41 Å². The molecule has 0 aromatic heterocycles. The molecule has 6 aromatic carbocycles. The van der Waals surface area contributed by atoms with Gasteiger partial charge in [0.1, 0.15) is 0 Å². The molecule has 6 rings (SSSR count). The molecule has 0 aliphatic heterocycles. The van der Waals surface area contributed by atoms with Crippen molar-refractivity contribution < 1.29 is 30.0 Å². The summed E-state index contributed by atoms with van der Waals surface area (Å²) >= 11 is 0. The molecule has 0 spiro atoms. The molecule has 0 bridgehead atoms. The Morgan fingerprint density at radius 1 is 0.575 bits per heavy atom. The largest absolute Gasteiger partial charge is 0.493 e. The first-order chi connectivity index (χ1) is 19.1. The van der Waals surface area contributed by atoms with Crippen LogP contribution in [0.1, 0.15) is 43.0 Å². The van der Waals surface area contributed by atoms with E-state index in [4.69, 9.17) is 5.41 Å². The summed E-state index contributed by atoms with van der Waals surface area (Å²) in [7, 11) is 0. The molecular formula is C32H22N2O6. The Morgan fingerprint density at radius 3 is 1.40 bits per heavy atom. The van der Waals surface area contributed by atoms with Crippen molar-refractivity contribution in [2.45, 2.75) is 13.8 Å². The number of nitrogens with one attached hydrogen (secondary N) is 1. The molecule has 0 saturated carbocycles. The first kappa shape index (κ1) is 24.8. The number of fused-ring (bicyclic) bond motifs is 2. The lowest BCUT2D eigenvalue weighted by molar-refractivity contribution is 0.0695. The molecule has 0 amide bonds. The van der Waals surface area contributed by atoms with E-state index < -0.39 is 17.8 Å². The Bertz CT molecular complexity index is 2040. The summed E-state index contributed by atoms with van der Waals surface area (Å²) < 4.78 is 0. The topological polar surface area (TPSA) is 151 Å². The van der Waals surface area contributed by atoms with E-state index in [1.807, 2.05) is 32.0 Å². The minimum atomic E-state index is -1.24. The number of carboxylic acid groups (broad SMARTS) is 2. The monoisotopic (exact) mass is 530 g/mol. The molecule has 0 aliphatic rings. The van der Waals surface area contributed by atoms with Crippen molar-refractivity contribution in [2.75, 3.05) is 0 Å². The van der Waals surface area contributed by atoms with E-state index in [-0.39, 0.29) is 28.0 Å². The zero-order valence-corrected chi connectivity index (χ0v) is 21.4. The Morgan fingerprint density at radius 2 is 0.975 bits per heavy atom. The Labute approximate surface area is 226 Å². The predicted molar refractivity (Wildman–Crippen MR) is 156 cm³/mol. The second-order valence-electron chi connectivity index (χ2n) is 9.78. The molecule has 6 aromatic rings. The van der Waals surface area contributed by atoms with Crippen molar-refractivity contribution >= 4 is 72.5 Å². The van der Waals surface area contributed by atoms with Crippen molar-refractivity contribution in [2.24, 2.45) is 4.99 Å². The van der Waals surface area contributed by atoms with Gasteiger partial charge in [-0.3, -0.25) is 5.41 Å². The maximum atomic E-state index is 12.1. The first-order valence-corrected chi connectivity index (χ1v) is 12.4. The molecule has 0 fully saturated rings. The maximum absolute atomic E-state index is 12.1. The molecule has 8 nitrogen and oxygen atoms in total. The molecule has 0 aliphatic carbocycles. The van der Waals surface area contributed by atoms with Crippen molar-refractivity contribution in [1.82, 2.24) is 0 Å². The Hall–Kier alpha value is -5.50. The number of para-hydroxylation sites is 1. The lowest BCUT2D eigenvalue weighted by atomic mass is 9.84. The second-order valence-corrected chi connectivity index (χ2v) is 9.78. The van der Waals surface area contributed by atoms with E-state index in [0.29, 0.717) is 49.0 Å². The SMILES string of the molecule is Cc1cccc(C)c1N=C(O)c1ccc2c3ccc(C(=O)O)c4c(C(=O)O)ccc(c5ccc(C(=N)O)c1c52)c43. The molecule has 40 heavy (non-hydrogen) atoms. The molecule has 8 heteroatoms. The van der Waals surface area contributed by atoms with Crippen LogP contribution >= 0.6 is 0 Å². The fourth-order valence-corrected chi connectivity index (χ4v) is 5.78. The number of aromatic carboxylic acids is 2. The molecule has 0 radical (unpaired) electrons. The summed E-state index contributed by atoms with van der Waals surface area (Å²) in [4.78, 5) is 28.7. The number of carbonyl (C=O) groups is 2. The van der Waals surface area contributed by atoms with Gasteiger partial charge in [-0.1, -0.05) is 42.5 Å². The van der Waals surface area contributed by atoms with E-state index in [1.54, 1.807) is 36.4 Å². The van der Waals surface area contributed by atoms with Gasteiger partial charge in [-0.15, -0.1) is 0 Å². The third kappa shape index (κ3) is 3.46. The summed E-state index contributed by atoms with van der Waals surface area (Å²) in [6.07, 6.45) is 0. The average Bonchev–Trinajstić information content (AvgIpc) is 2.92. The van der Waals surface area contributed by atoms with Crippen LogP contribution < -0.4 is 0 Å². The number of rotatable bonds is 5. The number of benzene rings is 6. The first-order valence-electron chi connectivity index (χ1n) is 12.4. The molecule has 0 atom stereocenters. The van der Waals surface area contributed by atoms with Crippen LogP contribution in [0.5, 0.6) is 0 Å². The number of aryl methyl sites for hydroxylation is 2. The number of aliphatic hydroxyl groups excluding tert-OH is 2. The molecular weight excluding hydrogens is 508 g/mol. The summed E-state index contributed by atoms with van der Waals surface area (Å²) in [6.45, 7) is 3.78. The number of hydrogen-bond acceptors (Lipinski definition) is 4. The van der Waals surface area contributed by atoms with Gasteiger partial charge in [-0.2, -0.15) is 0 Å². The highest BCUT2D eigenvalue weighted by Crippen LogP contribution is 2.44. The molecule has 0 unspecified atom stereocenters. The highest BCUT2D eigenvalue weighted by Gasteiger charge is 2.24. The molecule has 196 valence electrons. The number of aliphatic imine (C=N–C) groups is 1. The van der Waals surface area contributed by atoms with Gasteiger partial charge >= 0.3 is 11.9 Å². The minimum Gasteiger partial charge on any atom is -0.493 e. The van der Waals surface area contributed by atoms with Gasteiger partial charge < -0.3 is 20.4 Å². The van der Waals surface area contributed by atoms with E-state index >= 15 is 0 Å². The molecule has 5 N–H and O–H groups in total. The standard InChI is InChI=1S/C32H22N2O6/c1-14-4-3-5-15(2)28(14)34-30(36)21-11-7-17-19-9-13-23(32(39)40)27-22(31(37)38)12-8-18(25(19)27)16-6-10-20(29(33)35)26(21)24(16)17/h3-13H,1-2H3,(H2,33,35)(H,34,36)(H,37,38)(H,39,40). The zero-order chi connectivity index (χ0) is 28.5. The van der Waals surface area contributed by atoms with Gasteiger partial charge in [0, 0.05) is 21.9 Å². The van der Waals surface area contributed by atoms with E-state index in [0.717, 1.165) is 11.1 Å². The third-order valence-corrected chi connectivity index (χ3v) is 7.52. The highest BCUT2D eigenvalue weighted by atomic mass is 16.4. The van der Waals surface area contributed by atoms with Crippen molar-refractivity contribution in [3.8, 4) is 0 Å². The van der Waals surface area contributed by atoms with Crippen LogP contribution in [0.4, 0.5) is 5.69 Å². The van der Waals surface area contributed by atoms with Gasteiger partial charge in [0.25, 0.3) is 0 Å². The quantitative estimate of drug-likeness (QED) is 0.0684. The van der Waals surface area contributed by atoms with Crippen LogP contribution in [0.2, 0.25) is 0 Å². The smallest absolute Gasteiger partial charge is 0.336 e. The fraction of sp³-hybridized carbons (Fsp3) is 0.0625. The predicted octanol–water partition coefficient (Wildman–Crippen LogP) is 7.27. The number of hydrogen-bond donors (Lipinski definition) is 5. The number of carboxylic acids is 2. The van der Waals surface area contributed by atoms with Crippen LogP contribution in [-0.4, -0.2) is 44.2 Å². The Kier molecular flexibility index (Phi) is 5.44. The summed E-state index contributed by atoms with van der Waals surface area (Å²) in [5.41, 5.74) is 2.59. The summed E-state index contributed by atoms with van der Waals surface area (Å²) in [5.74, 6) is -3.46. The lowest BCUT2D eigenvalue weighted by Crippen LogP contribution is -2.07. The summed E-state index contributed by atoms with van der Waals surface area (Å²) in [6, 6.07) is 18.4. The second kappa shape index (κ2) is 8.78. The van der Waals surface area contributed by atoms with Crippen molar-refractivity contribution in [3.63, 3.8) is 0 Å². The van der Waals surface area contributed by atoms with Crippen LogP contribution in [-0.2, 0) is 0 Å². The number of nitrogens with zero attached hydrogens (tertiary/aromatic N) is 1. The van der Waals surface area contributed by atoms with Crippen LogP contribution in [0, 0.1) is 19.3 Å². The molecule has 0 saturated heterocycles. The van der Waals surface area contributed by atoms with Gasteiger partial charge in [0.15, 0.2) is 0 Å². The van der Waals surface area contributed by atoms with Crippen LogP contribution in [0.25, 0.3) is 43.1 Å². The third-order valence-electron chi connectivity index (χ3n) is 7.52. The van der Waals surface area contributed by atoms with Gasteiger partial charge in [-0.25, -0.2) is 14.6 Å². The normalized spacial score (nSPS) is 12.1. The van der Waals surface area contributed by atoms with Gasteiger partial charge in [0.2, 0.25) is 11.8 Å². The maximum Gasteiger partial charge on any atom is 0.336 e. The summed E-state index contributed by atoms with van der Waals surface area (Å²) in [5, 5.41) is 53.6. The van der Waals surface area contributed by atoms with Gasteiger partial charge in [-0.05, 0) is 81.6 Å². The number of aliphatic hydroxyl groups is 2. The average molecular weight is 531 g/mol. The Balaban J connectivity index is 1.82. The van der Waals surface area contributed by atoms with Crippen LogP contribution in [0.15, 0.2) is 71.7 Å². The minimum absolute atomic E-state index is 0.122. The lowest BCUT2D eigenvalue weighted by Gasteiger charge is -2.19. The van der Waals surface area contributed by atoms with Crippen molar-refractivity contribution in [3.05, 3.63) is 100 Å². The fourth-order valence-electron chi connectivity index (χ4n) is 5.78. The van der Waals surface area contributed by atoms with E-state index in [9.17, 15) is 30.0 Å². The van der Waals surface area contributed by atoms with Crippen LogP contribution in [0.3, 0.4) is 0 Å². The highest BCUT2D eigenvalue weighted by molar-refractivity contribution is 6.38. The van der Waals surface area contributed by atoms with E-state index in [1.165, 1.54) is 12.1 Å². The molecule has 0 heterocycles.